The molecule has 3 heteroatoms. The molecule has 2 N–H and O–H groups in total. The van der Waals surface area contributed by atoms with Gasteiger partial charge in [0, 0.05) is 11.6 Å². The second-order valence-corrected chi connectivity index (χ2v) is 5.43. The quantitative estimate of drug-likeness (QED) is 0.825. The van der Waals surface area contributed by atoms with Crippen LogP contribution in [0.4, 0.5) is 4.39 Å². The third-order valence-electron chi connectivity index (χ3n) is 3.77. The molecule has 2 rings (SSSR count). The van der Waals surface area contributed by atoms with Crippen LogP contribution in [0.25, 0.3) is 0 Å². The van der Waals surface area contributed by atoms with Gasteiger partial charge in [0.25, 0.3) is 0 Å². The molecule has 0 saturated heterocycles. The Kier molecular flexibility index (Phi) is 4.97. The Balaban J connectivity index is 2.26. The summed E-state index contributed by atoms with van der Waals surface area (Å²) >= 11 is 0. The highest BCUT2D eigenvalue weighted by Crippen LogP contribution is 2.32. The van der Waals surface area contributed by atoms with Crippen molar-refractivity contribution in [3.63, 3.8) is 0 Å². The van der Waals surface area contributed by atoms with Crippen LogP contribution in [-0.2, 0) is 0 Å². The number of hydrogen-bond acceptors (Lipinski definition) is 2. The van der Waals surface area contributed by atoms with Gasteiger partial charge in [-0.25, -0.2) is 4.39 Å². The average molecular weight is 287 g/mol. The Morgan fingerprint density at radius 3 is 2.33 bits per heavy atom. The highest BCUT2D eigenvalue weighted by molar-refractivity contribution is 5.41. The van der Waals surface area contributed by atoms with E-state index in [4.69, 9.17) is 10.5 Å². The Morgan fingerprint density at radius 1 is 1.10 bits per heavy atom. The summed E-state index contributed by atoms with van der Waals surface area (Å²) in [4.78, 5) is 0. The Morgan fingerprint density at radius 2 is 1.76 bits per heavy atom. The van der Waals surface area contributed by atoms with E-state index in [-0.39, 0.29) is 11.8 Å². The highest BCUT2D eigenvalue weighted by atomic mass is 19.1. The molecule has 2 unspecified atom stereocenters. The summed E-state index contributed by atoms with van der Waals surface area (Å²) in [5.41, 5.74) is 7.80. The molecular weight excluding hydrogens is 265 g/mol. The summed E-state index contributed by atoms with van der Waals surface area (Å²) in [6.45, 7) is 6.15. The van der Waals surface area contributed by atoms with Crippen LogP contribution < -0.4 is 10.5 Å². The fourth-order valence-electron chi connectivity index (χ4n) is 2.21. The number of benzene rings is 2. The maximum Gasteiger partial charge on any atom is 0.167 e. The van der Waals surface area contributed by atoms with E-state index in [1.54, 1.807) is 12.1 Å². The maximum absolute atomic E-state index is 14.0. The van der Waals surface area contributed by atoms with Crippen molar-refractivity contribution in [3.8, 4) is 11.5 Å². The molecule has 0 bridgehead atoms. The zero-order chi connectivity index (χ0) is 15.4. The van der Waals surface area contributed by atoms with Gasteiger partial charge < -0.3 is 10.5 Å². The molecular formula is C18H22FNO. The number of hydrogen-bond donors (Lipinski definition) is 1. The molecule has 112 valence electrons. The molecule has 0 saturated carbocycles. The van der Waals surface area contributed by atoms with Crippen molar-refractivity contribution in [1.82, 2.24) is 0 Å². The summed E-state index contributed by atoms with van der Waals surface area (Å²) < 4.78 is 19.7. The number of rotatable bonds is 5. The Labute approximate surface area is 125 Å². The van der Waals surface area contributed by atoms with Crippen molar-refractivity contribution in [2.75, 3.05) is 0 Å². The minimum atomic E-state index is -0.393. The monoisotopic (exact) mass is 287 g/mol. The van der Waals surface area contributed by atoms with Gasteiger partial charge in [-0.05, 0) is 43.0 Å². The van der Waals surface area contributed by atoms with E-state index >= 15 is 0 Å². The van der Waals surface area contributed by atoms with Crippen molar-refractivity contribution in [2.24, 2.45) is 5.73 Å². The lowest BCUT2D eigenvalue weighted by Gasteiger charge is -2.15. The number of nitrogens with two attached hydrogens (primary N) is 1. The van der Waals surface area contributed by atoms with Gasteiger partial charge in [-0.1, -0.05) is 38.1 Å². The van der Waals surface area contributed by atoms with Gasteiger partial charge in [-0.2, -0.15) is 0 Å². The van der Waals surface area contributed by atoms with E-state index in [1.807, 2.05) is 31.2 Å². The minimum Gasteiger partial charge on any atom is -0.454 e. The fraction of sp³-hybridized carbons (Fsp3) is 0.333. The van der Waals surface area contributed by atoms with Gasteiger partial charge in [-0.3, -0.25) is 0 Å². The van der Waals surface area contributed by atoms with Crippen LogP contribution in [0, 0.1) is 5.82 Å². The van der Waals surface area contributed by atoms with E-state index in [0.717, 1.165) is 6.42 Å². The summed E-state index contributed by atoms with van der Waals surface area (Å²) in [6, 6.07) is 12.3. The molecule has 2 atom stereocenters. The van der Waals surface area contributed by atoms with Crippen molar-refractivity contribution < 1.29 is 9.13 Å². The summed E-state index contributed by atoms with van der Waals surface area (Å²) in [5, 5.41) is 0. The van der Waals surface area contributed by atoms with E-state index < -0.39 is 5.82 Å². The van der Waals surface area contributed by atoms with Crippen LogP contribution in [0.15, 0.2) is 42.5 Å². The van der Waals surface area contributed by atoms with Crippen LogP contribution in [0.2, 0.25) is 0 Å². The number of halogens is 1. The molecule has 0 spiro atoms. The van der Waals surface area contributed by atoms with Gasteiger partial charge in [0.15, 0.2) is 11.6 Å². The normalized spacial score (nSPS) is 13.8. The summed E-state index contributed by atoms with van der Waals surface area (Å²) in [6.07, 6.45) is 1.09. The maximum atomic E-state index is 14.0. The molecule has 0 fully saturated rings. The van der Waals surface area contributed by atoms with E-state index in [9.17, 15) is 4.39 Å². The molecule has 0 amide bonds. The molecule has 2 nitrogen and oxygen atoms in total. The van der Waals surface area contributed by atoms with Crippen molar-refractivity contribution in [3.05, 3.63) is 59.4 Å². The summed E-state index contributed by atoms with van der Waals surface area (Å²) in [7, 11) is 0. The molecule has 0 aromatic heterocycles. The van der Waals surface area contributed by atoms with Crippen LogP contribution in [0.3, 0.4) is 0 Å². The molecule has 0 aliphatic rings. The lowest BCUT2D eigenvalue weighted by molar-refractivity contribution is 0.432. The Bertz CT molecular complexity index is 593. The van der Waals surface area contributed by atoms with Crippen molar-refractivity contribution in [1.29, 1.82) is 0 Å². The van der Waals surface area contributed by atoms with Gasteiger partial charge >= 0.3 is 0 Å². The van der Waals surface area contributed by atoms with E-state index in [2.05, 4.69) is 13.8 Å². The molecule has 2 aromatic rings. The number of para-hydroxylation sites is 1. The molecule has 0 heterocycles. The van der Waals surface area contributed by atoms with Crippen LogP contribution in [0.5, 0.6) is 11.5 Å². The first-order valence-electron chi connectivity index (χ1n) is 7.34. The molecule has 0 radical (unpaired) electrons. The van der Waals surface area contributed by atoms with Crippen LogP contribution >= 0.6 is 0 Å². The third kappa shape index (κ3) is 3.61. The standard InChI is InChI=1S/C18H22FNO/c1-4-12(2)14-8-10-15(11-9-14)21-18-16(13(3)20)6-5-7-17(18)19/h5-13H,4,20H2,1-3H3. The third-order valence-corrected chi connectivity index (χ3v) is 3.77. The predicted octanol–water partition coefficient (Wildman–Crippen LogP) is 5.15. The summed E-state index contributed by atoms with van der Waals surface area (Å²) in [5.74, 6) is 0.945. The SMILES string of the molecule is CCC(C)c1ccc(Oc2c(F)cccc2C(C)N)cc1. The van der Waals surface area contributed by atoms with Gasteiger partial charge in [0.2, 0.25) is 0 Å². The minimum absolute atomic E-state index is 0.212. The first kappa shape index (κ1) is 15.5. The molecule has 2 aromatic carbocycles. The zero-order valence-corrected chi connectivity index (χ0v) is 12.8. The first-order chi connectivity index (χ1) is 10.0. The highest BCUT2D eigenvalue weighted by Gasteiger charge is 2.14. The molecule has 0 aliphatic carbocycles. The fourth-order valence-corrected chi connectivity index (χ4v) is 2.21. The second-order valence-electron chi connectivity index (χ2n) is 5.43. The Hall–Kier alpha value is -1.87. The van der Waals surface area contributed by atoms with Gasteiger partial charge in [-0.15, -0.1) is 0 Å². The van der Waals surface area contributed by atoms with Crippen LogP contribution in [0.1, 0.15) is 50.3 Å². The lowest BCUT2D eigenvalue weighted by atomic mass is 9.99. The average Bonchev–Trinajstić information content (AvgIpc) is 2.49. The van der Waals surface area contributed by atoms with Crippen LogP contribution in [-0.4, -0.2) is 0 Å². The van der Waals surface area contributed by atoms with Gasteiger partial charge in [0.1, 0.15) is 5.75 Å². The largest absolute Gasteiger partial charge is 0.454 e. The predicted molar refractivity (Wildman–Crippen MR) is 84.2 cm³/mol. The second kappa shape index (κ2) is 6.72. The first-order valence-corrected chi connectivity index (χ1v) is 7.34. The molecule has 0 aliphatic heterocycles. The lowest BCUT2D eigenvalue weighted by Crippen LogP contribution is -2.07. The van der Waals surface area contributed by atoms with Gasteiger partial charge in [0.05, 0.1) is 0 Å². The molecule has 21 heavy (non-hydrogen) atoms. The van der Waals surface area contributed by atoms with Crippen molar-refractivity contribution >= 4 is 0 Å². The van der Waals surface area contributed by atoms with E-state index in [0.29, 0.717) is 17.2 Å². The van der Waals surface area contributed by atoms with E-state index in [1.165, 1.54) is 11.6 Å². The number of ether oxygens (including phenoxy) is 1. The topological polar surface area (TPSA) is 35.2 Å². The smallest absolute Gasteiger partial charge is 0.167 e. The van der Waals surface area contributed by atoms with Crippen molar-refractivity contribution in [2.45, 2.75) is 39.2 Å². The zero-order valence-electron chi connectivity index (χ0n) is 12.8.